The van der Waals surface area contributed by atoms with Gasteiger partial charge in [0.25, 0.3) is 0 Å². The van der Waals surface area contributed by atoms with Gasteiger partial charge in [0.15, 0.2) is 5.84 Å². The van der Waals surface area contributed by atoms with Crippen molar-refractivity contribution < 1.29 is 0 Å². The van der Waals surface area contributed by atoms with E-state index < -0.39 is 5.41 Å². The van der Waals surface area contributed by atoms with Crippen molar-refractivity contribution in [3.05, 3.63) is 293 Å². The fourth-order valence-electron chi connectivity index (χ4n) is 12.1. The molecule has 1 aliphatic heterocycles. The number of nitrogens with zero attached hydrogens (tertiary/aromatic N) is 4. The minimum Gasteiger partial charge on any atom is -0.296 e. The van der Waals surface area contributed by atoms with Crippen LogP contribution >= 0.6 is 0 Å². The van der Waals surface area contributed by atoms with E-state index in [1.54, 1.807) is 0 Å². The van der Waals surface area contributed by atoms with Crippen LogP contribution in [-0.2, 0) is 11.8 Å². The molecule has 1 unspecified atom stereocenters. The summed E-state index contributed by atoms with van der Waals surface area (Å²) >= 11 is 0. The van der Waals surface area contributed by atoms with Crippen LogP contribution in [0.3, 0.4) is 0 Å². The van der Waals surface area contributed by atoms with Crippen molar-refractivity contribution >= 4 is 28.3 Å². The maximum atomic E-state index is 5.68. The molecule has 0 bridgehead atoms. The Bertz CT molecular complexity index is 4100. The van der Waals surface area contributed by atoms with Crippen LogP contribution in [0.4, 0.5) is 0 Å². The van der Waals surface area contributed by atoms with E-state index in [1.807, 2.05) is 0 Å². The van der Waals surface area contributed by atoms with Gasteiger partial charge < -0.3 is 0 Å². The summed E-state index contributed by atoms with van der Waals surface area (Å²) in [6, 6.07) is 88.5. The summed E-state index contributed by atoms with van der Waals surface area (Å²) in [6.07, 6.45) is 4.68. The lowest BCUT2D eigenvalue weighted by atomic mass is 9.70. The van der Waals surface area contributed by atoms with E-state index >= 15 is 0 Å². The molecule has 1 atom stereocenters. The topological polar surface area (TPSA) is 42.5 Å². The molecule has 0 saturated carbocycles. The predicted octanol–water partition coefficient (Wildman–Crippen LogP) is 17.0. The average Bonchev–Trinajstić information content (AvgIpc) is 4.24. The largest absolute Gasteiger partial charge is 0.296 e. The first kappa shape index (κ1) is 43.5. The number of aryl methyl sites for hydroxylation is 1. The minimum absolute atomic E-state index is 0.558. The van der Waals surface area contributed by atoms with Gasteiger partial charge in [-0.1, -0.05) is 207 Å². The number of imidazole rings is 1. The number of fused-ring (bicyclic) bond motifs is 11. The van der Waals surface area contributed by atoms with Gasteiger partial charge in [-0.15, -0.1) is 0 Å². The molecule has 1 spiro atoms. The number of para-hydroxylation sites is 2. The molecule has 2 aliphatic carbocycles. The van der Waals surface area contributed by atoms with Crippen molar-refractivity contribution in [1.29, 1.82) is 0 Å². The minimum atomic E-state index is -0.558. The summed E-state index contributed by atoms with van der Waals surface area (Å²) in [7, 11) is 0. The van der Waals surface area contributed by atoms with Crippen LogP contribution in [-0.4, -0.2) is 21.1 Å². The number of aromatic nitrogens is 2. The summed E-state index contributed by atoms with van der Waals surface area (Å²) in [4.78, 5) is 16.2. The third-order valence-corrected chi connectivity index (χ3v) is 15.5. The van der Waals surface area contributed by atoms with Crippen molar-refractivity contribution in [2.45, 2.75) is 31.6 Å². The highest BCUT2D eigenvalue weighted by atomic mass is 15.1. The van der Waals surface area contributed by atoms with E-state index in [2.05, 4.69) is 260 Å². The van der Waals surface area contributed by atoms with Gasteiger partial charge in [0.1, 0.15) is 5.82 Å². The molecule has 14 rings (SSSR count). The molecule has 3 aliphatic rings. The molecule has 0 saturated heterocycles. The molecule has 4 nitrogen and oxygen atoms in total. The van der Waals surface area contributed by atoms with E-state index in [9.17, 15) is 0 Å². The Kier molecular flexibility index (Phi) is 10.5. The highest BCUT2D eigenvalue weighted by Gasteiger charge is 2.51. The Hall–Kier alpha value is -9.25. The average molecular weight is 947 g/mol. The summed E-state index contributed by atoms with van der Waals surface area (Å²) in [5, 5.41) is 0. The second kappa shape index (κ2) is 17.8. The van der Waals surface area contributed by atoms with Crippen LogP contribution in [0.5, 0.6) is 0 Å². The lowest BCUT2D eigenvalue weighted by Gasteiger charge is -2.31. The molecule has 4 heteroatoms. The van der Waals surface area contributed by atoms with Crippen molar-refractivity contribution in [3.8, 4) is 61.3 Å². The lowest BCUT2D eigenvalue weighted by Crippen LogP contribution is -2.26. The molecule has 11 aromatic rings. The summed E-state index contributed by atoms with van der Waals surface area (Å²) in [5.74, 6) is 1.75. The van der Waals surface area contributed by atoms with Crippen LogP contribution in [0.2, 0.25) is 0 Å². The molecule has 74 heavy (non-hydrogen) atoms. The first-order chi connectivity index (χ1) is 36.6. The number of hydrogen-bond donors (Lipinski definition) is 0. The molecule has 0 N–H and O–H groups in total. The van der Waals surface area contributed by atoms with Crippen molar-refractivity contribution in [2.75, 3.05) is 0 Å². The Labute approximate surface area is 432 Å². The number of rotatable bonds is 8. The smallest absolute Gasteiger partial charge is 0.160 e. The summed E-state index contributed by atoms with van der Waals surface area (Å²) in [5.41, 5.74) is 25.1. The quantitative estimate of drug-likeness (QED) is 0.150. The second-order valence-corrected chi connectivity index (χ2v) is 19.6. The molecule has 0 radical (unpaired) electrons. The summed E-state index contributed by atoms with van der Waals surface area (Å²) < 4.78 is 2.32. The van der Waals surface area contributed by atoms with Crippen LogP contribution < -0.4 is 0 Å². The van der Waals surface area contributed by atoms with Crippen molar-refractivity contribution in [2.24, 2.45) is 9.98 Å². The fourth-order valence-corrected chi connectivity index (χ4v) is 12.1. The highest BCUT2D eigenvalue weighted by molar-refractivity contribution is 6.15. The van der Waals surface area contributed by atoms with Crippen LogP contribution in [0.15, 0.2) is 259 Å². The zero-order chi connectivity index (χ0) is 49.2. The van der Waals surface area contributed by atoms with Gasteiger partial charge in [-0.3, -0.25) is 4.57 Å². The molecule has 2 heterocycles. The van der Waals surface area contributed by atoms with Crippen LogP contribution in [0.1, 0.15) is 64.5 Å². The maximum Gasteiger partial charge on any atom is 0.160 e. The normalized spacial score (nSPS) is 17.4. The molecular weight excluding hydrogens is 897 g/mol. The van der Waals surface area contributed by atoms with Crippen molar-refractivity contribution in [1.82, 2.24) is 9.55 Å². The van der Waals surface area contributed by atoms with Gasteiger partial charge in [-0.05, 0) is 145 Å². The number of allylic oxidation sites excluding steroid dienone is 1. The highest BCUT2D eigenvalue weighted by Crippen LogP contribution is 2.63. The van der Waals surface area contributed by atoms with Crippen LogP contribution in [0, 0.1) is 0 Å². The molecule has 1 aromatic heterocycles. The Morgan fingerprint density at radius 1 is 0.405 bits per heavy atom. The zero-order valence-electron chi connectivity index (χ0n) is 41.1. The number of benzene rings is 10. The Balaban J connectivity index is 0.930. The van der Waals surface area contributed by atoms with Gasteiger partial charge in [-0.25, -0.2) is 15.0 Å². The summed E-state index contributed by atoms with van der Waals surface area (Å²) in [6.45, 7) is 2.18. The number of aliphatic imine (C=N–C) groups is 2. The Morgan fingerprint density at radius 2 is 0.919 bits per heavy atom. The van der Waals surface area contributed by atoms with E-state index in [0.717, 1.165) is 86.6 Å². The molecule has 0 fully saturated rings. The zero-order valence-corrected chi connectivity index (χ0v) is 41.1. The van der Waals surface area contributed by atoms with E-state index in [1.165, 1.54) is 61.2 Å². The molecular formula is C70H50N4. The molecule has 10 aromatic carbocycles. The van der Waals surface area contributed by atoms with E-state index in [-0.39, 0.29) is 0 Å². The molecule has 0 amide bonds. The Morgan fingerprint density at radius 3 is 1.61 bits per heavy atom. The van der Waals surface area contributed by atoms with Gasteiger partial charge in [0, 0.05) is 23.2 Å². The predicted molar refractivity (Wildman–Crippen MR) is 306 cm³/mol. The van der Waals surface area contributed by atoms with Gasteiger partial charge in [-0.2, -0.15) is 0 Å². The van der Waals surface area contributed by atoms with Gasteiger partial charge >= 0.3 is 0 Å². The third-order valence-electron chi connectivity index (χ3n) is 15.5. The number of amidine groups is 1. The maximum absolute atomic E-state index is 5.68. The standard InChI is InChI=1S/C70H50N4/c1-2-68-71-66-33-13-14-36-67(66)74(68)55-28-17-25-50(43-55)51-37-39-58-56-29-9-11-31-60(56)70(62(58)44-51)61-32-12-10-30-57(61)59-40-38-53(45-63(59)70)65-35-18-34-64(52-26-15-23-48(41-52)46-19-5-3-6-20-46)72-69(73-65)54-27-16-24-49(42-54)47-21-7-4-8-22-47/h3-17,19-34,36-45H,2,18,35H2,1H3/b64-34-,72-69-,73-65+. The third kappa shape index (κ3) is 7.09. The van der Waals surface area contributed by atoms with Crippen molar-refractivity contribution in [3.63, 3.8) is 0 Å². The molecule has 350 valence electrons. The first-order valence-corrected chi connectivity index (χ1v) is 25.9. The lowest BCUT2D eigenvalue weighted by molar-refractivity contribution is 0.793. The first-order valence-electron chi connectivity index (χ1n) is 25.9. The van der Waals surface area contributed by atoms with Crippen LogP contribution in [0.25, 0.3) is 78.1 Å². The second-order valence-electron chi connectivity index (χ2n) is 19.6. The fraction of sp³-hybridized carbons (Fsp3) is 0.0714. The van der Waals surface area contributed by atoms with E-state index in [0.29, 0.717) is 5.84 Å². The number of hydrogen-bond acceptors (Lipinski definition) is 3. The SMILES string of the molecule is CCc1nc2ccccc2n1-c1cccc(-c2ccc3c(c2)C2(c4ccccc4-c4ccc(/C5=N/C(c6cccc(-c7ccccc7)c6)=N\C(c6cccc(-c7ccccc7)c6)=C/CC5)cc42)c2ccccc2-3)c1. The monoisotopic (exact) mass is 946 g/mol. The van der Waals surface area contributed by atoms with Gasteiger partial charge in [0.05, 0.1) is 27.9 Å². The van der Waals surface area contributed by atoms with Gasteiger partial charge in [0.2, 0.25) is 0 Å². The van der Waals surface area contributed by atoms with E-state index in [4.69, 9.17) is 15.0 Å².